The Morgan fingerprint density at radius 2 is 2.19 bits per heavy atom. The first kappa shape index (κ1) is 9.85. The van der Waals surface area contributed by atoms with Gasteiger partial charge in [-0.25, -0.2) is 4.39 Å². The Morgan fingerprint density at radius 1 is 1.31 bits per heavy atom. The van der Waals surface area contributed by atoms with E-state index in [1.807, 2.05) is 18.2 Å². The molecule has 1 aromatic carbocycles. The van der Waals surface area contributed by atoms with E-state index in [1.165, 1.54) is 0 Å². The van der Waals surface area contributed by atoms with Crippen LogP contribution in [-0.2, 0) is 5.54 Å². The van der Waals surface area contributed by atoms with Crippen molar-refractivity contribution in [1.82, 2.24) is 10.3 Å². The summed E-state index contributed by atoms with van der Waals surface area (Å²) in [6, 6.07) is 5.78. The van der Waals surface area contributed by atoms with Crippen molar-refractivity contribution in [3.05, 3.63) is 35.8 Å². The highest BCUT2D eigenvalue weighted by atomic mass is 19.1. The molecule has 1 fully saturated rings. The van der Waals surface area contributed by atoms with Gasteiger partial charge in [-0.1, -0.05) is 12.1 Å². The zero-order chi connectivity index (χ0) is 11.2. The predicted molar refractivity (Wildman–Crippen MR) is 62.8 cm³/mol. The molecule has 1 atom stereocenters. The number of aromatic amines is 1. The Kier molecular flexibility index (Phi) is 2.04. The second-order valence-electron chi connectivity index (χ2n) is 4.73. The minimum Gasteiger partial charge on any atom is -0.359 e. The number of hydrogen-bond donors (Lipinski definition) is 2. The number of benzene rings is 1. The molecule has 0 bridgehead atoms. The van der Waals surface area contributed by atoms with E-state index < -0.39 is 0 Å². The molecule has 1 unspecified atom stereocenters. The van der Waals surface area contributed by atoms with Crippen molar-refractivity contribution in [3.63, 3.8) is 0 Å². The SMILES string of the molecule is CC1(c2ccc3cc[nH]c3c2F)CCCN1. The molecule has 1 aliphatic heterocycles. The Hall–Kier alpha value is -1.35. The van der Waals surface area contributed by atoms with Crippen molar-refractivity contribution < 1.29 is 4.39 Å². The third-order valence-corrected chi connectivity index (χ3v) is 3.63. The molecule has 3 rings (SSSR count). The maximum atomic E-state index is 14.3. The topological polar surface area (TPSA) is 27.8 Å². The molecule has 2 N–H and O–H groups in total. The van der Waals surface area contributed by atoms with Crippen molar-refractivity contribution in [2.45, 2.75) is 25.3 Å². The van der Waals surface area contributed by atoms with E-state index in [0.717, 1.165) is 30.3 Å². The van der Waals surface area contributed by atoms with Gasteiger partial charge in [-0.05, 0) is 32.4 Å². The van der Waals surface area contributed by atoms with Crippen LogP contribution in [0.25, 0.3) is 10.9 Å². The fourth-order valence-electron chi connectivity index (χ4n) is 2.64. The van der Waals surface area contributed by atoms with Crippen molar-refractivity contribution in [2.75, 3.05) is 6.54 Å². The maximum Gasteiger partial charge on any atom is 0.152 e. The molecular formula is C13H15FN2. The Bertz CT molecular complexity index is 524. The molecule has 2 aromatic rings. The average molecular weight is 218 g/mol. The molecular weight excluding hydrogens is 203 g/mol. The van der Waals surface area contributed by atoms with E-state index in [-0.39, 0.29) is 11.4 Å². The third-order valence-electron chi connectivity index (χ3n) is 3.63. The highest BCUT2D eigenvalue weighted by Gasteiger charge is 2.33. The van der Waals surface area contributed by atoms with Crippen LogP contribution in [0.15, 0.2) is 24.4 Å². The van der Waals surface area contributed by atoms with Gasteiger partial charge in [-0.3, -0.25) is 0 Å². The summed E-state index contributed by atoms with van der Waals surface area (Å²) in [5, 5.41) is 4.33. The molecule has 0 amide bonds. The van der Waals surface area contributed by atoms with Gasteiger partial charge in [0.2, 0.25) is 0 Å². The van der Waals surface area contributed by atoms with Gasteiger partial charge in [-0.15, -0.1) is 0 Å². The predicted octanol–water partition coefficient (Wildman–Crippen LogP) is 2.91. The van der Waals surface area contributed by atoms with Gasteiger partial charge in [0.05, 0.1) is 5.52 Å². The monoisotopic (exact) mass is 218 g/mol. The molecule has 0 aliphatic carbocycles. The number of rotatable bonds is 1. The average Bonchev–Trinajstić information content (AvgIpc) is 2.87. The van der Waals surface area contributed by atoms with Crippen LogP contribution in [0, 0.1) is 5.82 Å². The zero-order valence-electron chi connectivity index (χ0n) is 9.31. The molecule has 3 heteroatoms. The first-order valence-corrected chi connectivity index (χ1v) is 5.72. The molecule has 0 radical (unpaired) electrons. The van der Waals surface area contributed by atoms with Crippen LogP contribution in [0.3, 0.4) is 0 Å². The lowest BCUT2D eigenvalue weighted by Gasteiger charge is -2.25. The molecule has 2 nitrogen and oxygen atoms in total. The first-order chi connectivity index (χ1) is 7.71. The molecule has 1 aliphatic rings. The second-order valence-corrected chi connectivity index (χ2v) is 4.73. The van der Waals surface area contributed by atoms with Crippen LogP contribution in [-0.4, -0.2) is 11.5 Å². The van der Waals surface area contributed by atoms with Crippen molar-refractivity contribution in [2.24, 2.45) is 0 Å². The third kappa shape index (κ3) is 1.28. The molecule has 2 heterocycles. The summed E-state index contributed by atoms with van der Waals surface area (Å²) in [4.78, 5) is 2.97. The lowest BCUT2D eigenvalue weighted by Crippen LogP contribution is -2.34. The van der Waals surface area contributed by atoms with Crippen LogP contribution in [0.4, 0.5) is 4.39 Å². The van der Waals surface area contributed by atoms with E-state index >= 15 is 0 Å². The summed E-state index contributed by atoms with van der Waals surface area (Å²) >= 11 is 0. The second kappa shape index (κ2) is 3.32. The van der Waals surface area contributed by atoms with Crippen LogP contribution >= 0.6 is 0 Å². The van der Waals surface area contributed by atoms with E-state index in [0.29, 0.717) is 5.52 Å². The van der Waals surface area contributed by atoms with Crippen LogP contribution in [0.5, 0.6) is 0 Å². The molecule has 0 spiro atoms. The zero-order valence-corrected chi connectivity index (χ0v) is 9.31. The normalized spacial score (nSPS) is 25.4. The Balaban J connectivity index is 2.19. The molecule has 1 aromatic heterocycles. The fraction of sp³-hybridized carbons (Fsp3) is 0.385. The standard InChI is InChI=1S/C13H15FN2/c1-13(6-2-7-16-13)10-4-3-9-5-8-15-12(9)11(10)14/h3-5,8,15-16H,2,6-7H2,1H3. The van der Waals surface area contributed by atoms with Gasteiger partial charge >= 0.3 is 0 Å². The van der Waals surface area contributed by atoms with E-state index in [4.69, 9.17) is 0 Å². The summed E-state index contributed by atoms with van der Waals surface area (Å²) in [6.45, 7) is 3.05. The Labute approximate surface area is 93.9 Å². The van der Waals surface area contributed by atoms with Gasteiger partial charge < -0.3 is 10.3 Å². The van der Waals surface area contributed by atoms with Gasteiger partial charge in [0, 0.05) is 22.7 Å². The molecule has 0 saturated carbocycles. The van der Waals surface area contributed by atoms with Gasteiger partial charge in [-0.2, -0.15) is 0 Å². The highest BCUT2D eigenvalue weighted by molar-refractivity contribution is 5.81. The number of aromatic nitrogens is 1. The van der Waals surface area contributed by atoms with Crippen LogP contribution < -0.4 is 5.32 Å². The van der Waals surface area contributed by atoms with Crippen molar-refractivity contribution >= 4 is 10.9 Å². The number of halogens is 1. The van der Waals surface area contributed by atoms with Crippen LogP contribution in [0.2, 0.25) is 0 Å². The van der Waals surface area contributed by atoms with Crippen molar-refractivity contribution in [3.8, 4) is 0 Å². The molecule has 1 saturated heterocycles. The van der Waals surface area contributed by atoms with Crippen LogP contribution in [0.1, 0.15) is 25.3 Å². The number of hydrogen-bond acceptors (Lipinski definition) is 1. The largest absolute Gasteiger partial charge is 0.359 e. The number of H-pyrrole nitrogens is 1. The lowest BCUT2D eigenvalue weighted by atomic mass is 9.89. The smallest absolute Gasteiger partial charge is 0.152 e. The summed E-state index contributed by atoms with van der Waals surface area (Å²) in [6.07, 6.45) is 3.89. The van der Waals surface area contributed by atoms with E-state index in [2.05, 4.69) is 17.2 Å². The number of nitrogens with one attached hydrogen (secondary N) is 2. The highest BCUT2D eigenvalue weighted by Crippen LogP contribution is 2.34. The van der Waals surface area contributed by atoms with E-state index in [1.54, 1.807) is 6.20 Å². The lowest BCUT2D eigenvalue weighted by molar-refractivity contribution is 0.413. The minimum absolute atomic E-state index is 0.112. The fourth-order valence-corrected chi connectivity index (χ4v) is 2.64. The van der Waals surface area contributed by atoms with E-state index in [9.17, 15) is 4.39 Å². The van der Waals surface area contributed by atoms with Gasteiger partial charge in [0.25, 0.3) is 0 Å². The quantitative estimate of drug-likeness (QED) is 0.756. The summed E-state index contributed by atoms with van der Waals surface area (Å²) in [5.41, 5.74) is 1.19. The van der Waals surface area contributed by atoms with Crippen molar-refractivity contribution in [1.29, 1.82) is 0 Å². The number of fused-ring (bicyclic) bond motifs is 1. The summed E-state index contributed by atoms with van der Waals surface area (Å²) in [7, 11) is 0. The molecule has 16 heavy (non-hydrogen) atoms. The van der Waals surface area contributed by atoms with Gasteiger partial charge in [0.15, 0.2) is 5.82 Å². The van der Waals surface area contributed by atoms with Gasteiger partial charge in [0.1, 0.15) is 0 Å². The summed E-state index contributed by atoms with van der Waals surface area (Å²) < 4.78 is 14.3. The Morgan fingerprint density at radius 3 is 2.94 bits per heavy atom. The molecule has 84 valence electrons. The first-order valence-electron chi connectivity index (χ1n) is 5.72. The maximum absolute atomic E-state index is 14.3. The minimum atomic E-state index is -0.205. The summed E-state index contributed by atoms with van der Waals surface area (Å²) in [5.74, 6) is -0.112.